The maximum absolute atomic E-state index is 13.2. The van der Waals surface area contributed by atoms with Crippen molar-refractivity contribution < 1.29 is 43.2 Å². The minimum absolute atomic E-state index is 0.0342. The number of hydrogen-bond donors (Lipinski definition) is 2. The van der Waals surface area contributed by atoms with E-state index in [4.69, 9.17) is 23.7 Å². The Hall–Kier alpha value is -4.17. The molecule has 0 radical (unpaired) electrons. The van der Waals surface area contributed by atoms with Crippen LogP contribution in [0.2, 0.25) is 0 Å². The third kappa shape index (κ3) is 7.70. The number of amides is 3. The zero-order valence-corrected chi connectivity index (χ0v) is 27.2. The number of hydrogen-bond acceptors (Lipinski definition) is 10. The maximum atomic E-state index is 13.2. The van der Waals surface area contributed by atoms with E-state index in [9.17, 15) is 19.5 Å². The van der Waals surface area contributed by atoms with Gasteiger partial charge in [0.2, 0.25) is 5.91 Å². The van der Waals surface area contributed by atoms with Crippen LogP contribution in [0.25, 0.3) is 0 Å². The molecule has 4 aliphatic heterocycles. The highest BCUT2D eigenvalue weighted by Crippen LogP contribution is 2.40. The smallest absolute Gasteiger partial charge is 0.408 e. The summed E-state index contributed by atoms with van der Waals surface area (Å²) in [6.45, 7) is 3.70. The minimum Gasteiger partial charge on any atom is -0.445 e. The van der Waals surface area contributed by atoms with E-state index in [2.05, 4.69) is 10.2 Å². The lowest BCUT2D eigenvalue weighted by Crippen LogP contribution is -2.48. The molecule has 258 valence electrons. The van der Waals surface area contributed by atoms with E-state index < -0.39 is 36.0 Å². The van der Waals surface area contributed by atoms with Crippen LogP contribution in [0.1, 0.15) is 60.3 Å². The molecule has 7 rings (SSSR count). The van der Waals surface area contributed by atoms with Gasteiger partial charge in [-0.1, -0.05) is 66.7 Å². The highest BCUT2D eigenvalue weighted by molar-refractivity contribution is 6.22. The number of carbonyl (C=O) groups excluding carboxylic acids is 3. The van der Waals surface area contributed by atoms with Crippen LogP contribution in [0.5, 0.6) is 0 Å². The molecule has 0 bridgehead atoms. The number of nitrogens with one attached hydrogen (secondary N) is 1. The van der Waals surface area contributed by atoms with Gasteiger partial charge in [0, 0.05) is 44.5 Å². The number of aliphatic hydroxyl groups is 1. The van der Waals surface area contributed by atoms with Crippen molar-refractivity contribution in [3.8, 4) is 0 Å². The molecule has 3 aromatic rings. The van der Waals surface area contributed by atoms with Crippen LogP contribution < -0.4 is 10.2 Å². The van der Waals surface area contributed by atoms with E-state index in [0.717, 1.165) is 59.6 Å². The zero-order valence-electron chi connectivity index (χ0n) is 27.2. The second-order valence-electron chi connectivity index (χ2n) is 12.9. The average Bonchev–Trinajstić information content (AvgIpc) is 3.71. The largest absolute Gasteiger partial charge is 0.445 e. The molecular weight excluding hydrogens is 630 g/mol. The van der Waals surface area contributed by atoms with Crippen molar-refractivity contribution in [2.45, 2.75) is 69.2 Å². The molecule has 3 aromatic carbocycles. The Bertz CT molecular complexity index is 1600. The van der Waals surface area contributed by atoms with Gasteiger partial charge in [-0.3, -0.25) is 9.59 Å². The number of piperidine rings is 1. The molecule has 1 spiro atoms. The summed E-state index contributed by atoms with van der Waals surface area (Å²) in [6.07, 6.45) is 0.285. The van der Waals surface area contributed by atoms with E-state index in [1.807, 2.05) is 54.6 Å². The van der Waals surface area contributed by atoms with Crippen LogP contribution in [-0.4, -0.2) is 78.7 Å². The molecule has 3 amide bonds. The third-order valence-corrected chi connectivity index (χ3v) is 9.58. The topological polar surface area (TPSA) is 136 Å². The van der Waals surface area contributed by atoms with Gasteiger partial charge in [-0.05, 0) is 28.8 Å². The number of likely N-dealkylation sites (tertiary alicyclic amines) is 1. The molecular formula is C37H41N3O9. The number of anilines is 1. The Balaban J connectivity index is 1.01. The van der Waals surface area contributed by atoms with Gasteiger partial charge in [-0.25, -0.2) is 9.69 Å². The Kier molecular flexibility index (Phi) is 10.0. The summed E-state index contributed by atoms with van der Waals surface area (Å²) in [5.74, 6) is -1.39. The second kappa shape index (κ2) is 14.8. The fourth-order valence-corrected chi connectivity index (χ4v) is 6.89. The third-order valence-electron chi connectivity index (χ3n) is 9.58. The Morgan fingerprint density at radius 1 is 0.878 bits per heavy atom. The van der Waals surface area contributed by atoms with Crippen LogP contribution in [0.4, 0.5) is 10.5 Å². The highest BCUT2D eigenvalue weighted by atomic mass is 16.7. The molecule has 4 saturated heterocycles. The lowest BCUT2D eigenvalue weighted by molar-refractivity contribution is -0.255. The quantitative estimate of drug-likeness (QED) is 0.320. The fraction of sp³-hybridized carbons (Fsp3) is 0.432. The predicted octanol–water partition coefficient (Wildman–Crippen LogP) is 4.12. The lowest BCUT2D eigenvalue weighted by atomic mass is 9.98. The molecule has 4 fully saturated rings. The van der Waals surface area contributed by atoms with Crippen LogP contribution in [-0.2, 0) is 46.5 Å². The summed E-state index contributed by atoms with van der Waals surface area (Å²) in [5.41, 5.74) is 3.76. The Morgan fingerprint density at radius 2 is 1.57 bits per heavy atom. The molecule has 12 heteroatoms. The molecule has 4 atom stereocenters. The van der Waals surface area contributed by atoms with Crippen molar-refractivity contribution in [2.75, 3.05) is 37.7 Å². The van der Waals surface area contributed by atoms with Gasteiger partial charge in [0.05, 0.1) is 44.1 Å². The van der Waals surface area contributed by atoms with Crippen LogP contribution in [0, 0.1) is 0 Å². The molecule has 49 heavy (non-hydrogen) atoms. The molecule has 4 heterocycles. The van der Waals surface area contributed by atoms with E-state index in [0.29, 0.717) is 25.3 Å². The average molecular weight is 672 g/mol. The van der Waals surface area contributed by atoms with E-state index in [-0.39, 0.29) is 31.8 Å². The van der Waals surface area contributed by atoms with Gasteiger partial charge in [0.1, 0.15) is 12.6 Å². The van der Waals surface area contributed by atoms with Crippen molar-refractivity contribution in [2.24, 2.45) is 0 Å². The number of aliphatic hydroxyl groups excluding tert-OH is 1. The predicted molar refractivity (Wildman–Crippen MR) is 176 cm³/mol. The summed E-state index contributed by atoms with van der Waals surface area (Å²) in [5, 5.41) is 12.1. The minimum atomic E-state index is -1.02. The SMILES string of the molecule is O=C(NC1CC(=O)N(c2ccc([C@H]3O[C@@H](CN4CCC5(CC4)OCCO5)C[C@@H](c4ccc(CO)cc4)O3)cc2)C1=O)OCc1ccccc1. The van der Waals surface area contributed by atoms with Crippen molar-refractivity contribution >= 4 is 23.6 Å². The van der Waals surface area contributed by atoms with Gasteiger partial charge in [0.15, 0.2) is 12.1 Å². The van der Waals surface area contributed by atoms with Gasteiger partial charge >= 0.3 is 6.09 Å². The molecule has 0 aromatic heterocycles. The molecule has 12 nitrogen and oxygen atoms in total. The standard InChI is InChI=1S/C37H41N3O9/c41-23-25-6-8-27(9-7-25)32-20-30(22-39-16-14-37(15-17-39)46-18-19-47-37)48-35(49-32)28-10-12-29(13-11-28)40-33(42)21-31(34(40)43)38-36(44)45-24-26-4-2-1-3-5-26/h1-13,30-32,35,41H,14-24H2,(H,38,44)/t30-,31?,32+,35+/m1/s1. The maximum Gasteiger partial charge on any atom is 0.408 e. The summed E-state index contributed by atoms with van der Waals surface area (Å²) in [6, 6.07) is 22.9. The number of rotatable bonds is 9. The molecule has 1 unspecified atom stereocenters. The van der Waals surface area contributed by atoms with E-state index >= 15 is 0 Å². The number of ether oxygens (including phenoxy) is 5. The van der Waals surface area contributed by atoms with Gasteiger partial charge < -0.3 is 39.0 Å². The number of nitrogens with zero attached hydrogens (tertiary/aromatic N) is 2. The first kappa shape index (κ1) is 33.3. The van der Waals surface area contributed by atoms with Crippen molar-refractivity contribution in [1.82, 2.24) is 10.2 Å². The summed E-state index contributed by atoms with van der Waals surface area (Å²) < 4.78 is 30.1. The number of benzene rings is 3. The van der Waals surface area contributed by atoms with E-state index in [1.54, 1.807) is 24.3 Å². The Labute approximate surface area is 284 Å². The normalized spacial score (nSPS) is 25.5. The first-order valence-electron chi connectivity index (χ1n) is 16.8. The van der Waals surface area contributed by atoms with Crippen LogP contribution >= 0.6 is 0 Å². The van der Waals surface area contributed by atoms with Crippen molar-refractivity contribution in [3.63, 3.8) is 0 Å². The first-order chi connectivity index (χ1) is 23.9. The molecule has 0 saturated carbocycles. The Morgan fingerprint density at radius 3 is 2.27 bits per heavy atom. The van der Waals surface area contributed by atoms with Crippen LogP contribution in [0.3, 0.4) is 0 Å². The van der Waals surface area contributed by atoms with Crippen molar-refractivity contribution in [1.29, 1.82) is 0 Å². The van der Waals surface area contributed by atoms with Gasteiger partial charge in [-0.15, -0.1) is 0 Å². The number of imide groups is 1. The number of carbonyl (C=O) groups is 3. The summed E-state index contributed by atoms with van der Waals surface area (Å²) in [7, 11) is 0. The van der Waals surface area contributed by atoms with Crippen LogP contribution in [0.15, 0.2) is 78.9 Å². The van der Waals surface area contributed by atoms with Gasteiger partial charge in [-0.2, -0.15) is 0 Å². The molecule has 4 aliphatic rings. The first-order valence-corrected chi connectivity index (χ1v) is 16.8. The van der Waals surface area contributed by atoms with Crippen molar-refractivity contribution in [3.05, 3.63) is 101 Å². The molecule has 0 aliphatic carbocycles. The number of alkyl carbamates (subject to hydrolysis) is 1. The van der Waals surface area contributed by atoms with E-state index in [1.165, 1.54) is 0 Å². The molecule has 2 N–H and O–H groups in total. The summed E-state index contributed by atoms with van der Waals surface area (Å²) in [4.78, 5) is 42.0. The van der Waals surface area contributed by atoms with Gasteiger partial charge in [0.25, 0.3) is 5.91 Å². The zero-order chi connectivity index (χ0) is 33.8. The fourth-order valence-electron chi connectivity index (χ4n) is 6.89. The summed E-state index contributed by atoms with van der Waals surface area (Å²) >= 11 is 0. The lowest BCUT2D eigenvalue weighted by Gasteiger charge is -2.41. The highest BCUT2D eigenvalue weighted by Gasteiger charge is 2.42. The monoisotopic (exact) mass is 671 g/mol. The second-order valence-corrected chi connectivity index (χ2v) is 12.9.